The molecule has 0 aliphatic carbocycles. The topological polar surface area (TPSA) is 118 Å². The van der Waals surface area contributed by atoms with Crippen LogP contribution >= 0.6 is 0 Å². The van der Waals surface area contributed by atoms with Crippen molar-refractivity contribution in [1.82, 2.24) is 9.91 Å². The molecule has 0 atom stereocenters. The number of nitrogens with two attached hydrogens (primary N) is 1. The molecule has 1 aromatic carbocycles. The summed E-state index contributed by atoms with van der Waals surface area (Å²) in [7, 11) is 1.59. The van der Waals surface area contributed by atoms with E-state index in [1.807, 2.05) is 24.3 Å². The Labute approximate surface area is 155 Å². The third kappa shape index (κ3) is 3.87. The van der Waals surface area contributed by atoms with Gasteiger partial charge in [0, 0.05) is 18.5 Å². The normalized spacial score (nSPS) is 14.4. The molecule has 1 aliphatic heterocycles. The molecule has 2 N–H and O–H groups in total. The molecule has 0 saturated carbocycles. The van der Waals surface area contributed by atoms with Crippen LogP contribution < -0.4 is 10.5 Å². The first-order valence-corrected chi connectivity index (χ1v) is 8.19. The van der Waals surface area contributed by atoms with Gasteiger partial charge < -0.3 is 14.9 Å². The highest BCUT2D eigenvalue weighted by Crippen LogP contribution is 2.24. The summed E-state index contributed by atoms with van der Waals surface area (Å²) < 4.78 is 10.8. The van der Waals surface area contributed by atoms with Crippen LogP contribution in [0.25, 0.3) is 11.3 Å². The molecule has 1 aliphatic rings. The van der Waals surface area contributed by atoms with E-state index in [2.05, 4.69) is 5.10 Å². The zero-order chi connectivity index (χ0) is 19.4. The summed E-state index contributed by atoms with van der Waals surface area (Å²) in [4.78, 5) is 36.4. The number of benzene rings is 1. The average molecular weight is 370 g/mol. The second-order valence-corrected chi connectivity index (χ2v) is 5.68. The summed E-state index contributed by atoms with van der Waals surface area (Å²) in [6, 6.07) is 9.97. The van der Waals surface area contributed by atoms with E-state index in [1.54, 1.807) is 19.2 Å². The maximum Gasteiger partial charge on any atom is 0.354 e. The third-order valence-electron chi connectivity index (χ3n) is 3.88. The van der Waals surface area contributed by atoms with Crippen LogP contribution in [0.2, 0.25) is 0 Å². The maximum absolute atomic E-state index is 12.2. The molecule has 2 aromatic rings. The van der Waals surface area contributed by atoms with Crippen LogP contribution in [0.4, 0.5) is 4.79 Å². The molecule has 9 nitrogen and oxygen atoms in total. The minimum atomic E-state index is -0.795. The largest absolute Gasteiger partial charge is 0.497 e. The van der Waals surface area contributed by atoms with E-state index >= 15 is 0 Å². The minimum absolute atomic E-state index is 0.0553. The van der Waals surface area contributed by atoms with Gasteiger partial charge in [0.05, 0.1) is 13.3 Å². The fraction of sp³-hybridized carbons (Fsp3) is 0.222. The molecular formula is C18H18N4O5. The van der Waals surface area contributed by atoms with Crippen molar-refractivity contribution in [2.24, 2.45) is 10.8 Å². The van der Waals surface area contributed by atoms with Crippen molar-refractivity contribution in [2.45, 2.75) is 6.42 Å². The van der Waals surface area contributed by atoms with E-state index in [4.69, 9.17) is 14.9 Å². The molecule has 1 fully saturated rings. The molecule has 0 bridgehead atoms. The average Bonchev–Trinajstić information content (AvgIpc) is 3.24. The van der Waals surface area contributed by atoms with Crippen molar-refractivity contribution in [3.8, 4) is 17.1 Å². The number of imide groups is 3. The number of urea groups is 1. The van der Waals surface area contributed by atoms with Crippen LogP contribution in [-0.2, 0) is 9.59 Å². The molecule has 1 saturated heterocycles. The Morgan fingerprint density at radius 3 is 2.67 bits per heavy atom. The predicted molar refractivity (Wildman–Crippen MR) is 95.9 cm³/mol. The number of rotatable bonds is 6. The summed E-state index contributed by atoms with van der Waals surface area (Å²) in [6.45, 7) is -0.253. The van der Waals surface area contributed by atoms with Crippen LogP contribution in [-0.4, -0.2) is 54.2 Å². The SMILES string of the molecule is COc1ccc(-c2ccc(C=NN3CC(=O)N(C(=O)CCN)C3=O)o2)cc1. The van der Waals surface area contributed by atoms with Gasteiger partial charge in [-0.25, -0.2) is 9.80 Å². The van der Waals surface area contributed by atoms with E-state index in [0.717, 1.165) is 16.3 Å². The third-order valence-corrected chi connectivity index (χ3v) is 3.88. The number of hydrogen-bond donors (Lipinski definition) is 1. The number of hydrazone groups is 1. The Balaban J connectivity index is 1.70. The van der Waals surface area contributed by atoms with Crippen molar-refractivity contribution in [2.75, 3.05) is 20.2 Å². The fourth-order valence-electron chi connectivity index (χ4n) is 2.52. The van der Waals surface area contributed by atoms with Gasteiger partial charge in [0.1, 0.15) is 23.8 Å². The Morgan fingerprint density at radius 2 is 2.00 bits per heavy atom. The lowest BCUT2D eigenvalue weighted by Gasteiger charge is -2.11. The molecule has 4 amide bonds. The van der Waals surface area contributed by atoms with Gasteiger partial charge in [0.15, 0.2) is 0 Å². The number of furan rings is 1. The van der Waals surface area contributed by atoms with E-state index in [0.29, 0.717) is 16.4 Å². The maximum atomic E-state index is 12.2. The van der Waals surface area contributed by atoms with Crippen LogP contribution in [0.15, 0.2) is 45.9 Å². The van der Waals surface area contributed by atoms with E-state index in [-0.39, 0.29) is 19.5 Å². The first-order chi connectivity index (χ1) is 13.0. The number of nitrogens with zero attached hydrogens (tertiary/aromatic N) is 3. The van der Waals surface area contributed by atoms with Crippen LogP contribution in [0, 0.1) is 0 Å². The van der Waals surface area contributed by atoms with Gasteiger partial charge in [-0.1, -0.05) is 0 Å². The standard InChI is InChI=1S/C18H18N4O5/c1-26-13-4-2-12(3-5-13)15-7-6-14(27-15)10-20-21-11-17(24)22(18(21)25)16(23)8-9-19/h2-7,10H,8-9,11,19H2,1H3. The lowest BCUT2D eigenvalue weighted by Crippen LogP contribution is -2.38. The molecule has 27 heavy (non-hydrogen) atoms. The zero-order valence-electron chi connectivity index (χ0n) is 14.6. The lowest BCUT2D eigenvalue weighted by atomic mass is 10.2. The fourth-order valence-corrected chi connectivity index (χ4v) is 2.52. The van der Waals surface area contributed by atoms with Crippen molar-refractivity contribution in [1.29, 1.82) is 0 Å². The van der Waals surface area contributed by atoms with Crippen LogP contribution in [0.5, 0.6) is 5.75 Å². The summed E-state index contributed by atoms with van der Waals surface area (Å²) in [5.74, 6) is 0.479. The van der Waals surface area contributed by atoms with Crippen LogP contribution in [0.3, 0.4) is 0 Å². The van der Waals surface area contributed by atoms with Gasteiger partial charge in [-0.05, 0) is 36.4 Å². The number of carbonyl (C=O) groups is 3. The highest BCUT2D eigenvalue weighted by atomic mass is 16.5. The molecule has 1 aromatic heterocycles. The van der Waals surface area contributed by atoms with Crippen molar-refractivity contribution in [3.63, 3.8) is 0 Å². The Hall–Kier alpha value is -3.46. The van der Waals surface area contributed by atoms with Crippen molar-refractivity contribution < 1.29 is 23.5 Å². The molecule has 2 heterocycles. The lowest BCUT2D eigenvalue weighted by molar-refractivity contribution is -0.138. The summed E-state index contributed by atoms with van der Waals surface area (Å²) in [6.07, 6.45) is 1.23. The number of amides is 4. The first-order valence-electron chi connectivity index (χ1n) is 8.19. The minimum Gasteiger partial charge on any atom is -0.497 e. The summed E-state index contributed by atoms with van der Waals surface area (Å²) in [5.41, 5.74) is 6.14. The molecule has 140 valence electrons. The number of ether oxygens (including phenoxy) is 1. The van der Waals surface area contributed by atoms with E-state index < -0.39 is 17.8 Å². The van der Waals surface area contributed by atoms with E-state index in [9.17, 15) is 14.4 Å². The number of hydrogen-bond acceptors (Lipinski definition) is 7. The quantitative estimate of drug-likeness (QED) is 0.607. The number of methoxy groups -OCH3 is 1. The zero-order valence-corrected chi connectivity index (χ0v) is 14.6. The summed E-state index contributed by atoms with van der Waals surface area (Å²) >= 11 is 0. The van der Waals surface area contributed by atoms with Gasteiger partial charge in [-0.3, -0.25) is 9.59 Å². The van der Waals surface area contributed by atoms with Crippen molar-refractivity contribution >= 4 is 24.1 Å². The smallest absolute Gasteiger partial charge is 0.354 e. The molecule has 0 radical (unpaired) electrons. The van der Waals surface area contributed by atoms with Crippen LogP contribution in [0.1, 0.15) is 12.2 Å². The van der Waals surface area contributed by atoms with E-state index in [1.165, 1.54) is 6.21 Å². The molecule has 3 rings (SSSR count). The second-order valence-electron chi connectivity index (χ2n) is 5.68. The molecule has 0 spiro atoms. The summed E-state index contributed by atoms with van der Waals surface area (Å²) in [5, 5.41) is 4.86. The Bertz CT molecular complexity index is 887. The predicted octanol–water partition coefficient (Wildman–Crippen LogP) is 1.43. The molecular weight excluding hydrogens is 352 g/mol. The second kappa shape index (κ2) is 7.83. The highest BCUT2D eigenvalue weighted by Gasteiger charge is 2.40. The van der Waals surface area contributed by atoms with Gasteiger partial charge in [-0.15, -0.1) is 0 Å². The monoisotopic (exact) mass is 370 g/mol. The van der Waals surface area contributed by atoms with Gasteiger partial charge in [0.2, 0.25) is 5.91 Å². The van der Waals surface area contributed by atoms with Gasteiger partial charge in [0.25, 0.3) is 5.91 Å². The first kappa shape index (κ1) is 18.3. The number of carbonyl (C=O) groups excluding carboxylic acids is 3. The van der Waals surface area contributed by atoms with Crippen molar-refractivity contribution in [3.05, 3.63) is 42.2 Å². The van der Waals surface area contributed by atoms with Gasteiger partial charge in [-0.2, -0.15) is 10.0 Å². The Morgan fingerprint density at radius 1 is 1.26 bits per heavy atom. The molecule has 0 unspecified atom stereocenters. The molecule has 9 heteroatoms. The van der Waals surface area contributed by atoms with Gasteiger partial charge >= 0.3 is 6.03 Å². The Kier molecular flexibility index (Phi) is 5.32. The highest BCUT2D eigenvalue weighted by molar-refractivity contribution is 6.15.